The lowest BCUT2D eigenvalue weighted by Gasteiger charge is -2.21. The molecule has 0 aliphatic heterocycles. The fraction of sp³-hybridized carbons (Fsp3) is 0.500. The van der Waals surface area contributed by atoms with Crippen LogP contribution in [-0.2, 0) is 0 Å². The number of halogens is 2. The maximum Gasteiger partial charge on any atom is 0.293 e. The minimum atomic E-state index is -0.134. The summed E-state index contributed by atoms with van der Waals surface area (Å²) in [5.41, 5.74) is 2.21. The highest BCUT2D eigenvalue weighted by Gasteiger charge is 2.17. The summed E-state index contributed by atoms with van der Waals surface area (Å²) in [6, 6.07) is 6.37. The molecule has 4 nitrogen and oxygen atoms in total. The van der Waals surface area contributed by atoms with E-state index in [2.05, 4.69) is 72.1 Å². The SMILES string of the molecule is CCC(CC)n1cc(Cl)nc(NC(C)c2ccc(C(C)C)cc2Br)c1=O. The fourth-order valence-corrected chi connectivity index (χ4v) is 3.99. The minimum Gasteiger partial charge on any atom is -0.359 e. The molecule has 26 heavy (non-hydrogen) atoms. The highest BCUT2D eigenvalue weighted by atomic mass is 79.9. The zero-order chi connectivity index (χ0) is 19.4. The van der Waals surface area contributed by atoms with Gasteiger partial charge in [0.1, 0.15) is 5.15 Å². The van der Waals surface area contributed by atoms with Crippen LogP contribution in [-0.4, -0.2) is 9.55 Å². The summed E-state index contributed by atoms with van der Waals surface area (Å²) in [7, 11) is 0. The highest BCUT2D eigenvalue weighted by molar-refractivity contribution is 9.10. The predicted molar refractivity (Wildman–Crippen MR) is 113 cm³/mol. The highest BCUT2D eigenvalue weighted by Crippen LogP contribution is 2.29. The smallest absolute Gasteiger partial charge is 0.293 e. The van der Waals surface area contributed by atoms with Gasteiger partial charge in [0.2, 0.25) is 0 Å². The standard InChI is InChI=1S/C20H27BrClN3O/c1-6-15(7-2)25-11-18(22)24-19(20(25)26)23-13(5)16-9-8-14(12(3)4)10-17(16)21/h8-13,15H,6-7H2,1-5H3,(H,23,24). The van der Waals surface area contributed by atoms with E-state index in [4.69, 9.17) is 11.6 Å². The molecule has 1 unspecified atom stereocenters. The number of aromatic nitrogens is 2. The summed E-state index contributed by atoms with van der Waals surface area (Å²) in [6.07, 6.45) is 3.37. The van der Waals surface area contributed by atoms with E-state index in [-0.39, 0.29) is 23.5 Å². The van der Waals surface area contributed by atoms with Crippen molar-refractivity contribution in [1.29, 1.82) is 0 Å². The lowest BCUT2D eigenvalue weighted by Crippen LogP contribution is -2.28. The molecule has 142 valence electrons. The fourth-order valence-electron chi connectivity index (χ4n) is 3.06. The average molecular weight is 441 g/mol. The van der Waals surface area contributed by atoms with E-state index in [9.17, 15) is 4.79 Å². The molecule has 0 saturated heterocycles. The van der Waals surface area contributed by atoms with Crippen LogP contribution in [0.25, 0.3) is 0 Å². The van der Waals surface area contributed by atoms with Crippen LogP contribution in [0.3, 0.4) is 0 Å². The molecule has 1 aromatic heterocycles. The number of nitrogens with one attached hydrogen (secondary N) is 1. The first kappa shape index (κ1) is 21.0. The van der Waals surface area contributed by atoms with Gasteiger partial charge in [0.25, 0.3) is 5.56 Å². The molecule has 1 N–H and O–H groups in total. The second-order valence-corrected chi connectivity index (χ2v) is 8.14. The number of hydrogen-bond acceptors (Lipinski definition) is 3. The van der Waals surface area contributed by atoms with Crippen molar-refractivity contribution in [3.05, 3.63) is 55.5 Å². The molecule has 0 radical (unpaired) electrons. The van der Waals surface area contributed by atoms with Gasteiger partial charge in [-0.2, -0.15) is 0 Å². The Labute approximate surface area is 169 Å². The molecule has 6 heteroatoms. The van der Waals surface area contributed by atoms with E-state index < -0.39 is 0 Å². The van der Waals surface area contributed by atoms with Crippen molar-refractivity contribution in [2.75, 3.05) is 5.32 Å². The van der Waals surface area contributed by atoms with Gasteiger partial charge in [-0.1, -0.05) is 67.4 Å². The van der Waals surface area contributed by atoms with E-state index in [0.717, 1.165) is 22.9 Å². The molecule has 0 aliphatic carbocycles. The molecular formula is C20H27BrClN3O. The molecule has 1 atom stereocenters. The summed E-state index contributed by atoms with van der Waals surface area (Å²) in [5, 5.41) is 3.56. The van der Waals surface area contributed by atoms with Gasteiger partial charge in [0.05, 0.1) is 6.04 Å². The minimum absolute atomic E-state index is 0.0839. The van der Waals surface area contributed by atoms with Gasteiger partial charge in [0, 0.05) is 16.7 Å². The predicted octanol–water partition coefficient (Wildman–Crippen LogP) is 6.32. The van der Waals surface area contributed by atoms with Gasteiger partial charge in [-0.3, -0.25) is 4.79 Å². The van der Waals surface area contributed by atoms with Gasteiger partial charge in [-0.15, -0.1) is 0 Å². The number of rotatable bonds is 7. The van der Waals surface area contributed by atoms with Crippen LogP contribution in [0.1, 0.15) is 76.6 Å². The van der Waals surface area contributed by atoms with Crippen molar-refractivity contribution in [2.24, 2.45) is 0 Å². The Bertz CT molecular complexity index is 815. The second kappa shape index (κ2) is 9.05. The van der Waals surface area contributed by atoms with Gasteiger partial charge >= 0.3 is 0 Å². The molecule has 1 heterocycles. The lowest BCUT2D eigenvalue weighted by molar-refractivity contribution is 0.457. The van der Waals surface area contributed by atoms with Crippen LogP contribution in [0.2, 0.25) is 5.15 Å². The van der Waals surface area contributed by atoms with Gasteiger partial charge in [0.15, 0.2) is 5.82 Å². The zero-order valence-corrected chi connectivity index (χ0v) is 18.4. The van der Waals surface area contributed by atoms with Crippen molar-refractivity contribution in [2.45, 2.75) is 65.5 Å². The molecular weight excluding hydrogens is 414 g/mol. The monoisotopic (exact) mass is 439 g/mol. The first-order chi connectivity index (χ1) is 12.3. The topological polar surface area (TPSA) is 46.9 Å². The number of hydrogen-bond donors (Lipinski definition) is 1. The third kappa shape index (κ3) is 4.68. The molecule has 0 aliphatic rings. The Hall–Kier alpha value is -1.33. The van der Waals surface area contributed by atoms with E-state index in [1.807, 2.05) is 6.92 Å². The first-order valence-corrected chi connectivity index (χ1v) is 10.3. The third-order valence-corrected chi connectivity index (χ3v) is 5.62. The van der Waals surface area contributed by atoms with Crippen LogP contribution < -0.4 is 10.9 Å². The van der Waals surface area contributed by atoms with Crippen LogP contribution in [0, 0.1) is 0 Å². The van der Waals surface area contributed by atoms with Gasteiger partial charge in [-0.05, 0) is 42.9 Å². The lowest BCUT2D eigenvalue weighted by atomic mass is 9.99. The molecule has 0 saturated carbocycles. The summed E-state index contributed by atoms with van der Waals surface area (Å²) < 4.78 is 2.72. The van der Waals surface area contributed by atoms with Crippen LogP contribution in [0.5, 0.6) is 0 Å². The van der Waals surface area contributed by atoms with E-state index in [1.54, 1.807) is 10.8 Å². The maximum absolute atomic E-state index is 12.8. The Kier molecular flexibility index (Phi) is 7.30. The van der Waals surface area contributed by atoms with Gasteiger partial charge in [-0.25, -0.2) is 4.98 Å². The molecule has 0 fully saturated rings. The summed E-state index contributed by atoms with van der Waals surface area (Å²) in [4.78, 5) is 17.1. The number of benzene rings is 1. The Morgan fingerprint density at radius 2 is 1.88 bits per heavy atom. The van der Waals surface area contributed by atoms with Crippen molar-refractivity contribution in [1.82, 2.24) is 9.55 Å². The molecule has 0 spiro atoms. The van der Waals surface area contributed by atoms with E-state index >= 15 is 0 Å². The Morgan fingerprint density at radius 1 is 1.23 bits per heavy atom. The molecule has 0 bridgehead atoms. The zero-order valence-electron chi connectivity index (χ0n) is 16.0. The quantitative estimate of drug-likeness (QED) is 0.548. The summed E-state index contributed by atoms with van der Waals surface area (Å²) in [5.74, 6) is 0.752. The summed E-state index contributed by atoms with van der Waals surface area (Å²) >= 11 is 9.83. The average Bonchev–Trinajstić information content (AvgIpc) is 2.59. The molecule has 0 amide bonds. The first-order valence-electron chi connectivity index (χ1n) is 9.12. The number of nitrogens with zero attached hydrogens (tertiary/aromatic N) is 2. The summed E-state index contributed by atoms with van der Waals surface area (Å²) in [6.45, 7) is 10.5. The van der Waals surface area contributed by atoms with Crippen molar-refractivity contribution >= 4 is 33.3 Å². The van der Waals surface area contributed by atoms with Crippen molar-refractivity contribution < 1.29 is 0 Å². The van der Waals surface area contributed by atoms with Crippen molar-refractivity contribution in [3.63, 3.8) is 0 Å². The van der Waals surface area contributed by atoms with Crippen LogP contribution in [0.4, 0.5) is 5.82 Å². The molecule has 2 aromatic rings. The van der Waals surface area contributed by atoms with Crippen LogP contribution in [0.15, 0.2) is 33.7 Å². The third-order valence-electron chi connectivity index (χ3n) is 4.75. The second-order valence-electron chi connectivity index (χ2n) is 6.90. The normalized spacial score (nSPS) is 12.7. The molecule has 1 aromatic carbocycles. The largest absolute Gasteiger partial charge is 0.359 e. The van der Waals surface area contributed by atoms with E-state index in [0.29, 0.717) is 11.1 Å². The van der Waals surface area contributed by atoms with E-state index in [1.165, 1.54) is 5.56 Å². The van der Waals surface area contributed by atoms with Gasteiger partial charge < -0.3 is 9.88 Å². The molecule has 2 rings (SSSR count). The Morgan fingerprint density at radius 3 is 2.42 bits per heavy atom. The number of anilines is 1. The van der Waals surface area contributed by atoms with Crippen molar-refractivity contribution in [3.8, 4) is 0 Å². The van der Waals surface area contributed by atoms with Crippen LogP contribution >= 0.6 is 27.5 Å². The Balaban J connectivity index is 2.35. The maximum atomic E-state index is 12.8.